The summed E-state index contributed by atoms with van der Waals surface area (Å²) in [5, 5.41) is 4.46. The Kier molecular flexibility index (Phi) is 5.43. The normalized spacial score (nSPS) is 11.0. The first kappa shape index (κ1) is 18.3. The van der Waals surface area contributed by atoms with Crippen LogP contribution in [0.25, 0.3) is 22.1 Å². The second-order valence-electron chi connectivity index (χ2n) is 6.26. The minimum atomic E-state index is -0.0827. The van der Waals surface area contributed by atoms with Crippen molar-refractivity contribution in [1.29, 1.82) is 0 Å². The fraction of sp³-hybridized carbons (Fsp3) is 0.190. The van der Waals surface area contributed by atoms with Gasteiger partial charge in [-0.05, 0) is 36.8 Å². The lowest BCUT2D eigenvalue weighted by atomic mass is 10.2. The molecule has 0 saturated carbocycles. The number of carbonyl (C=O) groups is 1. The molecule has 0 spiro atoms. The van der Waals surface area contributed by atoms with Gasteiger partial charge in [0.05, 0.1) is 12.3 Å². The number of hydrogen-bond acceptors (Lipinski definition) is 6. The van der Waals surface area contributed by atoms with Gasteiger partial charge < -0.3 is 14.5 Å². The van der Waals surface area contributed by atoms with Gasteiger partial charge in [-0.15, -0.1) is 0 Å². The summed E-state index contributed by atoms with van der Waals surface area (Å²) in [6, 6.07) is 15.5. The number of para-hydroxylation sites is 1. The molecule has 2 aromatic carbocycles. The highest BCUT2D eigenvalue weighted by Crippen LogP contribution is 2.32. The van der Waals surface area contributed by atoms with Crippen molar-refractivity contribution in [3.63, 3.8) is 0 Å². The molecule has 0 aliphatic rings. The van der Waals surface area contributed by atoms with Crippen LogP contribution < -0.4 is 10.1 Å². The van der Waals surface area contributed by atoms with E-state index in [1.165, 1.54) is 18.1 Å². The highest BCUT2D eigenvalue weighted by atomic mass is 32.2. The van der Waals surface area contributed by atoms with Gasteiger partial charge in [0.25, 0.3) is 0 Å². The van der Waals surface area contributed by atoms with Gasteiger partial charge in [0.1, 0.15) is 34.8 Å². The monoisotopic (exact) mass is 393 g/mol. The zero-order chi connectivity index (χ0) is 19.3. The van der Waals surface area contributed by atoms with E-state index in [4.69, 9.17) is 9.15 Å². The van der Waals surface area contributed by atoms with E-state index in [1.807, 2.05) is 55.5 Å². The maximum atomic E-state index is 12.1. The van der Waals surface area contributed by atoms with Crippen molar-refractivity contribution in [2.45, 2.75) is 11.9 Å². The standard InChI is InChI=1S/C21H19N3O3S/c1-14-5-4-6-15(11-14)26-10-9-22-18(25)12-28-21-20-19(23-13-24-21)16-7-2-3-8-17(16)27-20/h2-8,11,13H,9-10,12H2,1H3,(H,22,25). The molecular formula is C21H19N3O3S. The Morgan fingerprint density at radius 3 is 2.96 bits per heavy atom. The molecule has 0 aliphatic carbocycles. The number of amides is 1. The summed E-state index contributed by atoms with van der Waals surface area (Å²) in [6.45, 7) is 2.87. The maximum absolute atomic E-state index is 12.1. The molecule has 2 heterocycles. The smallest absolute Gasteiger partial charge is 0.230 e. The number of carbonyl (C=O) groups excluding carboxylic acids is 1. The summed E-state index contributed by atoms with van der Waals surface area (Å²) >= 11 is 1.33. The van der Waals surface area contributed by atoms with E-state index in [-0.39, 0.29) is 11.7 Å². The number of furan rings is 1. The predicted molar refractivity (Wildman–Crippen MR) is 110 cm³/mol. The lowest BCUT2D eigenvalue weighted by Gasteiger charge is -2.08. The summed E-state index contributed by atoms with van der Waals surface area (Å²) in [4.78, 5) is 20.7. The number of ether oxygens (including phenoxy) is 1. The van der Waals surface area contributed by atoms with Crippen LogP contribution in [0, 0.1) is 6.92 Å². The summed E-state index contributed by atoms with van der Waals surface area (Å²) in [5.41, 5.74) is 3.28. The quantitative estimate of drug-likeness (QED) is 0.291. The first-order chi connectivity index (χ1) is 13.7. The molecule has 0 bridgehead atoms. The van der Waals surface area contributed by atoms with Crippen LogP contribution >= 0.6 is 11.8 Å². The molecule has 2 aromatic heterocycles. The first-order valence-electron chi connectivity index (χ1n) is 8.92. The Labute approximate surface area is 166 Å². The third-order valence-corrected chi connectivity index (χ3v) is 5.12. The molecule has 0 aliphatic heterocycles. The van der Waals surface area contributed by atoms with E-state index < -0.39 is 0 Å². The van der Waals surface area contributed by atoms with Gasteiger partial charge in [-0.3, -0.25) is 4.79 Å². The number of hydrogen-bond donors (Lipinski definition) is 1. The minimum absolute atomic E-state index is 0.0827. The number of fused-ring (bicyclic) bond motifs is 3. The van der Waals surface area contributed by atoms with Crippen LogP contribution in [0.15, 0.2) is 64.3 Å². The van der Waals surface area contributed by atoms with E-state index in [2.05, 4.69) is 15.3 Å². The van der Waals surface area contributed by atoms with Crippen molar-refractivity contribution in [1.82, 2.24) is 15.3 Å². The molecule has 142 valence electrons. The van der Waals surface area contributed by atoms with E-state index >= 15 is 0 Å². The topological polar surface area (TPSA) is 77.2 Å². The third kappa shape index (κ3) is 4.09. The molecule has 0 unspecified atom stereocenters. The minimum Gasteiger partial charge on any atom is -0.492 e. The summed E-state index contributed by atoms with van der Waals surface area (Å²) in [6.07, 6.45) is 1.50. The Balaban J connectivity index is 1.31. The van der Waals surface area contributed by atoms with Gasteiger partial charge in [0.2, 0.25) is 5.91 Å². The third-order valence-electron chi connectivity index (χ3n) is 4.15. The summed E-state index contributed by atoms with van der Waals surface area (Å²) in [5.74, 6) is 0.964. The second kappa shape index (κ2) is 8.31. The van der Waals surface area contributed by atoms with Crippen molar-refractivity contribution in [2.24, 2.45) is 0 Å². The van der Waals surface area contributed by atoms with Crippen LogP contribution in [0.4, 0.5) is 0 Å². The van der Waals surface area contributed by atoms with Crippen LogP contribution in [0.2, 0.25) is 0 Å². The molecular weight excluding hydrogens is 374 g/mol. The summed E-state index contributed by atoms with van der Waals surface area (Å²) < 4.78 is 11.5. The lowest BCUT2D eigenvalue weighted by Crippen LogP contribution is -2.29. The Bertz CT molecular complexity index is 1130. The number of rotatable bonds is 7. The first-order valence-corrected chi connectivity index (χ1v) is 9.90. The van der Waals surface area contributed by atoms with Crippen LogP contribution in [0.5, 0.6) is 5.75 Å². The molecule has 28 heavy (non-hydrogen) atoms. The molecule has 1 N–H and O–H groups in total. The van der Waals surface area contributed by atoms with Crippen molar-refractivity contribution in [2.75, 3.05) is 18.9 Å². The van der Waals surface area contributed by atoms with Crippen LogP contribution in [-0.2, 0) is 4.79 Å². The fourth-order valence-corrected chi connectivity index (χ4v) is 3.62. The maximum Gasteiger partial charge on any atom is 0.230 e. The number of thioether (sulfide) groups is 1. The van der Waals surface area contributed by atoms with Gasteiger partial charge in [-0.25, -0.2) is 9.97 Å². The molecule has 0 fully saturated rings. The SMILES string of the molecule is Cc1cccc(OCCNC(=O)CSc2ncnc3c2oc2ccccc23)c1. The van der Waals surface area contributed by atoms with Gasteiger partial charge in [0, 0.05) is 5.39 Å². The number of aromatic nitrogens is 2. The Hall–Kier alpha value is -3.06. The Morgan fingerprint density at radius 1 is 1.18 bits per heavy atom. The van der Waals surface area contributed by atoms with Gasteiger partial charge in [0.15, 0.2) is 5.58 Å². The van der Waals surface area contributed by atoms with Crippen LogP contribution in [0.1, 0.15) is 5.56 Å². The van der Waals surface area contributed by atoms with E-state index in [0.717, 1.165) is 27.8 Å². The zero-order valence-electron chi connectivity index (χ0n) is 15.3. The Morgan fingerprint density at radius 2 is 2.07 bits per heavy atom. The molecule has 7 heteroatoms. The van der Waals surface area contributed by atoms with Crippen molar-refractivity contribution in [3.8, 4) is 5.75 Å². The number of benzene rings is 2. The zero-order valence-corrected chi connectivity index (χ0v) is 16.2. The van der Waals surface area contributed by atoms with Crippen molar-refractivity contribution >= 4 is 39.7 Å². The highest BCUT2D eigenvalue weighted by molar-refractivity contribution is 8.00. The number of nitrogens with zero attached hydrogens (tertiary/aromatic N) is 2. The largest absolute Gasteiger partial charge is 0.492 e. The molecule has 4 rings (SSSR count). The molecule has 0 radical (unpaired) electrons. The van der Waals surface area contributed by atoms with Crippen LogP contribution in [-0.4, -0.2) is 34.8 Å². The molecule has 0 saturated heterocycles. The van der Waals surface area contributed by atoms with E-state index in [1.54, 1.807) is 0 Å². The number of nitrogens with one attached hydrogen (secondary N) is 1. The fourth-order valence-electron chi connectivity index (χ4n) is 2.85. The van der Waals surface area contributed by atoms with Gasteiger partial charge in [-0.2, -0.15) is 0 Å². The lowest BCUT2D eigenvalue weighted by molar-refractivity contribution is -0.118. The van der Waals surface area contributed by atoms with Gasteiger partial charge in [-0.1, -0.05) is 36.0 Å². The van der Waals surface area contributed by atoms with Gasteiger partial charge >= 0.3 is 0 Å². The molecule has 4 aromatic rings. The molecule has 1 amide bonds. The van der Waals surface area contributed by atoms with E-state index in [0.29, 0.717) is 23.8 Å². The highest BCUT2D eigenvalue weighted by Gasteiger charge is 2.14. The molecule has 0 atom stereocenters. The van der Waals surface area contributed by atoms with Crippen LogP contribution in [0.3, 0.4) is 0 Å². The number of aryl methyl sites for hydroxylation is 1. The average Bonchev–Trinajstić information content (AvgIpc) is 3.09. The predicted octanol–water partition coefficient (Wildman–Crippen LogP) is 3.97. The second-order valence-corrected chi connectivity index (χ2v) is 7.22. The van der Waals surface area contributed by atoms with Crippen molar-refractivity contribution in [3.05, 3.63) is 60.4 Å². The van der Waals surface area contributed by atoms with E-state index in [9.17, 15) is 4.79 Å². The average molecular weight is 393 g/mol. The molecule has 6 nitrogen and oxygen atoms in total. The summed E-state index contributed by atoms with van der Waals surface area (Å²) in [7, 11) is 0. The van der Waals surface area contributed by atoms with Crippen molar-refractivity contribution < 1.29 is 13.9 Å².